The molecule has 5 nitrogen and oxygen atoms in total. The second kappa shape index (κ2) is 7.12. The lowest BCUT2D eigenvalue weighted by Crippen LogP contribution is -2.35. The normalized spacial score (nSPS) is 13.5. The van der Waals surface area contributed by atoms with Gasteiger partial charge < -0.3 is 5.32 Å². The van der Waals surface area contributed by atoms with Crippen molar-refractivity contribution in [2.24, 2.45) is 0 Å². The van der Waals surface area contributed by atoms with Gasteiger partial charge in [-0.1, -0.05) is 0 Å². The van der Waals surface area contributed by atoms with Gasteiger partial charge in [-0.25, -0.2) is 8.42 Å². The molecule has 0 aromatic carbocycles. The number of anilines is 1. The average Bonchev–Trinajstić information content (AvgIpc) is 2.43. The molecule has 0 saturated heterocycles. The first-order valence-corrected chi connectivity index (χ1v) is 8.87. The molecule has 0 aliphatic rings. The van der Waals surface area contributed by atoms with E-state index in [-0.39, 0.29) is 10.9 Å². The van der Waals surface area contributed by atoms with Gasteiger partial charge in [-0.3, -0.25) is 4.98 Å². The van der Waals surface area contributed by atoms with Gasteiger partial charge in [0.25, 0.3) is 0 Å². The van der Waals surface area contributed by atoms with Crippen LogP contribution in [0.3, 0.4) is 0 Å². The molecule has 0 radical (unpaired) electrons. The number of thioether (sulfide) groups is 1. The third-order valence-electron chi connectivity index (χ3n) is 3.07. The van der Waals surface area contributed by atoms with Crippen LogP contribution in [0.25, 0.3) is 0 Å². The number of pyridine rings is 1. The minimum atomic E-state index is -3.51. The van der Waals surface area contributed by atoms with Gasteiger partial charge in [-0.2, -0.15) is 16.1 Å². The molecule has 1 rings (SSSR count). The lowest BCUT2D eigenvalue weighted by atomic mass is 10.3. The fraction of sp³-hybridized carbons (Fsp3) is 0.583. The molecule has 1 N–H and O–H groups in total. The van der Waals surface area contributed by atoms with E-state index in [1.165, 1.54) is 10.5 Å². The van der Waals surface area contributed by atoms with E-state index < -0.39 is 10.0 Å². The number of nitrogens with one attached hydrogen (secondary N) is 1. The lowest BCUT2D eigenvalue weighted by molar-refractivity contribution is 0.382. The van der Waals surface area contributed by atoms with Crippen molar-refractivity contribution in [2.75, 3.05) is 31.4 Å². The molecule has 108 valence electrons. The van der Waals surface area contributed by atoms with Crippen LogP contribution >= 0.6 is 11.8 Å². The van der Waals surface area contributed by atoms with E-state index in [0.29, 0.717) is 5.69 Å². The monoisotopic (exact) mass is 303 g/mol. The maximum atomic E-state index is 12.6. The summed E-state index contributed by atoms with van der Waals surface area (Å²) in [7, 11) is -0.195. The summed E-state index contributed by atoms with van der Waals surface area (Å²) in [4.78, 5) is 4.13. The van der Waals surface area contributed by atoms with E-state index in [1.807, 2.05) is 13.2 Å². The van der Waals surface area contributed by atoms with E-state index in [9.17, 15) is 8.42 Å². The van der Waals surface area contributed by atoms with Crippen LogP contribution < -0.4 is 5.32 Å². The second-order valence-electron chi connectivity index (χ2n) is 4.27. The first-order chi connectivity index (χ1) is 8.95. The minimum absolute atomic E-state index is 0.0395. The van der Waals surface area contributed by atoms with Crippen molar-refractivity contribution < 1.29 is 8.42 Å². The molecule has 0 fully saturated rings. The Balaban J connectivity index is 3.03. The molecule has 1 unspecified atom stereocenters. The van der Waals surface area contributed by atoms with Crippen LogP contribution in [0.15, 0.2) is 23.4 Å². The summed E-state index contributed by atoms with van der Waals surface area (Å²) >= 11 is 1.72. The second-order valence-corrected chi connectivity index (χ2v) is 7.23. The number of aromatic nitrogens is 1. The average molecular weight is 303 g/mol. The highest BCUT2D eigenvalue weighted by Crippen LogP contribution is 2.24. The zero-order chi connectivity index (χ0) is 14.5. The highest BCUT2D eigenvalue weighted by molar-refractivity contribution is 7.98. The Bertz CT molecular complexity index is 505. The maximum absolute atomic E-state index is 12.6. The summed E-state index contributed by atoms with van der Waals surface area (Å²) in [5.41, 5.74) is 0.568. The summed E-state index contributed by atoms with van der Waals surface area (Å²) in [6, 6.07) is 1.62. The highest BCUT2D eigenvalue weighted by atomic mass is 32.2. The number of rotatable bonds is 7. The molecule has 7 heteroatoms. The fourth-order valence-electron chi connectivity index (χ4n) is 1.65. The van der Waals surface area contributed by atoms with Gasteiger partial charge in [-0.15, -0.1) is 0 Å². The molecule has 0 aliphatic heterocycles. The first kappa shape index (κ1) is 16.3. The third-order valence-corrected chi connectivity index (χ3v) is 5.71. The Labute approximate surface area is 119 Å². The topological polar surface area (TPSA) is 62.3 Å². The number of hydrogen-bond donors (Lipinski definition) is 1. The molecule has 0 bridgehead atoms. The Kier molecular flexibility index (Phi) is 6.09. The van der Waals surface area contributed by atoms with E-state index in [1.54, 1.807) is 38.1 Å². The van der Waals surface area contributed by atoms with Gasteiger partial charge in [0, 0.05) is 32.5 Å². The molecule has 1 atom stereocenters. The van der Waals surface area contributed by atoms with Crippen LogP contribution in [0.4, 0.5) is 5.69 Å². The van der Waals surface area contributed by atoms with Crippen LogP contribution in [0.2, 0.25) is 0 Å². The maximum Gasteiger partial charge on any atom is 0.246 e. The van der Waals surface area contributed by atoms with Crippen molar-refractivity contribution in [2.45, 2.75) is 24.3 Å². The van der Waals surface area contributed by atoms with Crippen molar-refractivity contribution in [1.82, 2.24) is 9.29 Å². The highest BCUT2D eigenvalue weighted by Gasteiger charge is 2.27. The van der Waals surface area contributed by atoms with Gasteiger partial charge in [0.1, 0.15) is 4.90 Å². The third kappa shape index (κ3) is 3.84. The van der Waals surface area contributed by atoms with Crippen LogP contribution in [-0.2, 0) is 10.0 Å². The summed E-state index contributed by atoms with van der Waals surface area (Å²) < 4.78 is 26.5. The quantitative estimate of drug-likeness (QED) is 0.833. The predicted molar refractivity (Wildman–Crippen MR) is 81.2 cm³/mol. The molecule has 0 saturated carbocycles. The summed E-state index contributed by atoms with van der Waals surface area (Å²) in [6.45, 7) is 1.92. The van der Waals surface area contributed by atoms with Gasteiger partial charge in [0.2, 0.25) is 10.0 Å². The standard InChI is InChI=1S/C12H21N3O2S2/c1-10(6-8-18-4)15(3)19(16,17)12-9-14-7-5-11(12)13-2/h5,7,9-10H,6,8H2,1-4H3,(H,13,14). The Morgan fingerprint density at radius 1 is 1.53 bits per heavy atom. The van der Waals surface area contributed by atoms with Gasteiger partial charge in [0.05, 0.1) is 5.69 Å². The largest absolute Gasteiger partial charge is 0.387 e. The molecule has 0 spiro atoms. The SMILES string of the molecule is CNc1ccncc1S(=O)(=O)N(C)C(C)CCSC. The van der Waals surface area contributed by atoms with Crippen LogP contribution in [-0.4, -0.2) is 49.9 Å². The van der Waals surface area contributed by atoms with Crippen LogP contribution in [0, 0.1) is 0 Å². The Hall–Kier alpha value is -0.790. The number of hydrogen-bond acceptors (Lipinski definition) is 5. The van der Waals surface area contributed by atoms with Crippen molar-refractivity contribution in [3.8, 4) is 0 Å². The molecule has 1 aromatic rings. The first-order valence-electron chi connectivity index (χ1n) is 6.04. The molecule has 0 amide bonds. The zero-order valence-corrected chi connectivity index (χ0v) is 13.4. The van der Waals surface area contributed by atoms with E-state index in [2.05, 4.69) is 10.3 Å². The molecule has 1 heterocycles. The summed E-state index contributed by atoms with van der Waals surface area (Å²) in [5, 5.41) is 2.89. The van der Waals surface area contributed by atoms with Gasteiger partial charge in [0.15, 0.2) is 0 Å². The van der Waals surface area contributed by atoms with Gasteiger partial charge >= 0.3 is 0 Å². The molecule has 0 aliphatic carbocycles. The van der Waals surface area contributed by atoms with E-state index in [4.69, 9.17) is 0 Å². The van der Waals surface area contributed by atoms with E-state index in [0.717, 1.165) is 12.2 Å². The smallest absolute Gasteiger partial charge is 0.246 e. The molecule has 1 aromatic heterocycles. The summed E-state index contributed by atoms with van der Waals surface area (Å²) in [5.74, 6) is 0.937. The Morgan fingerprint density at radius 2 is 2.21 bits per heavy atom. The van der Waals surface area contributed by atoms with Crippen LogP contribution in [0.5, 0.6) is 0 Å². The lowest BCUT2D eigenvalue weighted by Gasteiger charge is -2.24. The molecular weight excluding hydrogens is 282 g/mol. The van der Waals surface area contributed by atoms with Crippen molar-refractivity contribution in [3.05, 3.63) is 18.5 Å². The van der Waals surface area contributed by atoms with Crippen molar-refractivity contribution >= 4 is 27.5 Å². The number of sulfonamides is 1. The van der Waals surface area contributed by atoms with Gasteiger partial charge in [-0.05, 0) is 31.4 Å². The molecule has 19 heavy (non-hydrogen) atoms. The summed E-state index contributed by atoms with van der Waals surface area (Å²) in [6.07, 6.45) is 5.80. The zero-order valence-electron chi connectivity index (χ0n) is 11.8. The fourth-order valence-corrected chi connectivity index (χ4v) is 3.76. The van der Waals surface area contributed by atoms with Crippen molar-refractivity contribution in [3.63, 3.8) is 0 Å². The van der Waals surface area contributed by atoms with Crippen molar-refractivity contribution in [1.29, 1.82) is 0 Å². The Morgan fingerprint density at radius 3 is 2.79 bits per heavy atom. The molecular formula is C12H21N3O2S2. The minimum Gasteiger partial charge on any atom is -0.387 e. The number of nitrogens with zero attached hydrogens (tertiary/aromatic N) is 2. The van der Waals surface area contributed by atoms with E-state index >= 15 is 0 Å². The predicted octanol–water partition coefficient (Wildman–Crippen LogP) is 1.89. The van der Waals surface area contributed by atoms with Crippen LogP contribution in [0.1, 0.15) is 13.3 Å².